The van der Waals surface area contributed by atoms with Crippen LogP contribution in [0.15, 0.2) is 17.0 Å². The first-order valence-electron chi connectivity index (χ1n) is 7.05. The second kappa shape index (κ2) is 6.50. The number of rotatable bonds is 4. The Hall–Kier alpha value is -0.850. The van der Waals surface area contributed by atoms with E-state index in [4.69, 9.17) is 17.3 Å². The first-order valence-corrected chi connectivity index (χ1v) is 8.91. The van der Waals surface area contributed by atoms with E-state index in [2.05, 4.69) is 11.6 Å². The molecule has 1 saturated carbocycles. The van der Waals surface area contributed by atoms with Crippen LogP contribution >= 0.6 is 11.6 Å². The second-order valence-electron chi connectivity index (χ2n) is 5.68. The van der Waals surface area contributed by atoms with E-state index >= 15 is 0 Å². The van der Waals surface area contributed by atoms with Crippen LogP contribution in [0.25, 0.3) is 0 Å². The molecule has 3 N–H and O–H groups in total. The molecular formula is C14H20ClFN2O2S. The molecule has 1 aromatic rings. The van der Waals surface area contributed by atoms with Gasteiger partial charge in [-0.15, -0.1) is 0 Å². The van der Waals surface area contributed by atoms with Crippen molar-refractivity contribution in [1.29, 1.82) is 0 Å². The maximum absolute atomic E-state index is 13.3. The molecule has 0 amide bonds. The van der Waals surface area contributed by atoms with Crippen LogP contribution in [0.1, 0.15) is 32.6 Å². The van der Waals surface area contributed by atoms with Crippen LogP contribution in [-0.4, -0.2) is 15.0 Å². The topological polar surface area (TPSA) is 72.2 Å². The number of anilines is 1. The molecule has 2 atom stereocenters. The Balaban J connectivity index is 2.13. The second-order valence-corrected chi connectivity index (χ2v) is 7.82. The van der Waals surface area contributed by atoms with Crippen LogP contribution in [0.2, 0.25) is 5.02 Å². The van der Waals surface area contributed by atoms with Crippen molar-refractivity contribution in [1.82, 2.24) is 4.72 Å². The third-order valence-electron chi connectivity index (χ3n) is 4.17. The van der Waals surface area contributed by atoms with Gasteiger partial charge in [0.05, 0.1) is 10.7 Å². The van der Waals surface area contributed by atoms with E-state index in [1.807, 2.05) is 0 Å². The van der Waals surface area contributed by atoms with Crippen molar-refractivity contribution >= 4 is 27.3 Å². The number of nitrogens with two attached hydrogens (primary N) is 1. The van der Waals surface area contributed by atoms with Gasteiger partial charge in [0.25, 0.3) is 0 Å². The summed E-state index contributed by atoms with van der Waals surface area (Å²) in [5, 5.41) is -0.161. The Morgan fingerprint density at radius 1 is 1.38 bits per heavy atom. The first-order chi connectivity index (χ1) is 9.81. The monoisotopic (exact) mass is 334 g/mol. The fraction of sp³-hybridized carbons (Fsp3) is 0.571. The summed E-state index contributed by atoms with van der Waals surface area (Å²) in [6.45, 7) is 2.51. The molecule has 1 aliphatic rings. The highest BCUT2D eigenvalue weighted by Crippen LogP contribution is 2.30. The highest BCUT2D eigenvalue weighted by Gasteiger charge is 2.25. The van der Waals surface area contributed by atoms with Gasteiger partial charge in [-0.1, -0.05) is 37.8 Å². The molecule has 21 heavy (non-hydrogen) atoms. The Morgan fingerprint density at radius 3 is 2.71 bits per heavy atom. The molecule has 4 nitrogen and oxygen atoms in total. The fourth-order valence-corrected chi connectivity index (χ4v) is 4.38. The van der Waals surface area contributed by atoms with E-state index in [1.165, 1.54) is 6.42 Å². The van der Waals surface area contributed by atoms with E-state index in [0.717, 1.165) is 31.4 Å². The van der Waals surface area contributed by atoms with Crippen molar-refractivity contribution in [2.75, 3.05) is 12.3 Å². The zero-order valence-corrected chi connectivity index (χ0v) is 13.5. The van der Waals surface area contributed by atoms with Crippen molar-refractivity contribution in [3.8, 4) is 0 Å². The summed E-state index contributed by atoms with van der Waals surface area (Å²) in [7, 11) is -3.78. The Bertz CT molecular complexity index is 622. The number of nitrogens with one attached hydrogen (secondary N) is 1. The molecule has 0 aromatic heterocycles. The van der Waals surface area contributed by atoms with Gasteiger partial charge in [-0.3, -0.25) is 0 Å². The van der Waals surface area contributed by atoms with E-state index in [1.54, 1.807) is 0 Å². The van der Waals surface area contributed by atoms with Crippen molar-refractivity contribution in [2.45, 2.75) is 37.5 Å². The lowest BCUT2D eigenvalue weighted by Crippen LogP contribution is -2.33. The third kappa shape index (κ3) is 3.87. The maximum atomic E-state index is 13.3. The predicted molar refractivity (Wildman–Crippen MR) is 82.1 cm³/mol. The van der Waals surface area contributed by atoms with Gasteiger partial charge in [0.2, 0.25) is 10.0 Å². The number of halogens is 2. The fourth-order valence-electron chi connectivity index (χ4n) is 2.74. The van der Waals surface area contributed by atoms with Gasteiger partial charge in [-0.05, 0) is 30.4 Å². The minimum Gasteiger partial charge on any atom is -0.396 e. The van der Waals surface area contributed by atoms with Crippen molar-refractivity contribution in [2.24, 2.45) is 11.8 Å². The number of benzene rings is 1. The van der Waals surface area contributed by atoms with E-state index in [9.17, 15) is 12.8 Å². The number of sulfonamides is 1. The van der Waals surface area contributed by atoms with Crippen LogP contribution in [-0.2, 0) is 10.0 Å². The van der Waals surface area contributed by atoms with Crippen LogP contribution in [0.3, 0.4) is 0 Å². The molecule has 0 saturated heterocycles. The lowest BCUT2D eigenvalue weighted by molar-refractivity contribution is 0.257. The summed E-state index contributed by atoms with van der Waals surface area (Å²) >= 11 is 5.82. The maximum Gasteiger partial charge on any atom is 0.242 e. The molecule has 1 fully saturated rings. The van der Waals surface area contributed by atoms with Crippen LogP contribution in [0.5, 0.6) is 0 Å². The SMILES string of the molecule is CC1CCCCC1CNS(=O)(=O)c1cc(N)c(F)cc1Cl. The molecule has 2 rings (SSSR count). The van der Waals surface area contributed by atoms with E-state index < -0.39 is 15.8 Å². The third-order valence-corrected chi connectivity index (χ3v) is 6.05. The van der Waals surface area contributed by atoms with Crippen molar-refractivity contribution in [3.63, 3.8) is 0 Å². The summed E-state index contributed by atoms with van der Waals surface area (Å²) in [4.78, 5) is -0.175. The number of hydrogen-bond acceptors (Lipinski definition) is 3. The molecule has 118 valence electrons. The van der Waals surface area contributed by atoms with Crippen molar-refractivity contribution < 1.29 is 12.8 Å². The van der Waals surface area contributed by atoms with Crippen LogP contribution in [0, 0.1) is 17.7 Å². The number of hydrogen-bond donors (Lipinski definition) is 2. The summed E-state index contributed by atoms with van der Waals surface area (Å²) in [6, 6.07) is 1.99. The quantitative estimate of drug-likeness (QED) is 0.831. The highest BCUT2D eigenvalue weighted by atomic mass is 35.5. The zero-order valence-electron chi connectivity index (χ0n) is 11.9. The summed E-state index contributed by atoms with van der Waals surface area (Å²) in [6.07, 6.45) is 4.46. The van der Waals surface area contributed by atoms with Gasteiger partial charge in [-0.25, -0.2) is 17.5 Å². The molecule has 0 aliphatic heterocycles. The molecule has 1 aliphatic carbocycles. The van der Waals surface area contributed by atoms with E-state index in [-0.39, 0.29) is 15.6 Å². The van der Waals surface area contributed by atoms with Gasteiger partial charge < -0.3 is 5.73 Å². The summed E-state index contributed by atoms with van der Waals surface area (Å²) in [5.41, 5.74) is 5.19. The van der Waals surface area contributed by atoms with E-state index in [0.29, 0.717) is 18.4 Å². The Kier molecular flexibility index (Phi) is 5.11. The molecule has 7 heteroatoms. The summed E-state index contributed by atoms with van der Waals surface area (Å²) in [5.74, 6) is 0.0974. The van der Waals surface area contributed by atoms with Crippen LogP contribution < -0.4 is 10.5 Å². The number of nitrogen functional groups attached to an aromatic ring is 1. The summed E-state index contributed by atoms with van der Waals surface area (Å²) < 4.78 is 40.4. The normalized spacial score (nSPS) is 23.2. The average molecular weight is 335 g/mol. The molecule has 0 bridgehead atoms. The molecule has 0 heterocycles. The first kappa shape index (κ1) is 16.5. The average Bonchev–Trinajstić information content (AvgIpc) is 2.42. The van der Waals surface area contributed by atoms with Crippen LogP contribution in [0.4, 0.5) is 10.1 Å². The lowest BCUT2D eigenvalue weighted by atomic mass is 9.81. The van der Waals surface area contributed by atoms with Gasteiger partial charge in [0, 0.05) is 6.54 Å². The van der Waals surface area contributed by atoms with Gasteiger partial charge in [0.15, 0.2) is 0 Å². The molecule has 0 spiro atoms. The lowest BCUT2D eigenvalue weighted by Gasteiger charge is -2.28. The largest absolute Gasteiger partial charge is 0.396 e. The van der Waals surface area contributed by atoms with Crippen molar-refractivity contribution in [3.05, 3.63) is 23.0 Å². The molecule has 0 radical (unpaired) electrons. The molecule has 2 unspecified atom stereocenters. The van der Waals surface area contributed by atoms with Gasteiger partial charge in [0.1, 0.15) is 10.7 Å². The minimum atomic E-state index is -3.78. The van der Waals surface area contributed by atoms with Gasteiger partial charge in [-0.2, -0.15) is 0 Å². The zero-order chi connectivity index (χ0) is 15.6. The van der Waals surface area contributed by atoms with Gasteiger partial charge >= 0.3 is 0 Å². The molecule has 1 aromatic carbocycles. The Morgan fingerprint density at radius 2 is 2.05 bits per heavy atom. The smallest absolute Gasteiger partial charge is 0.242 e. The minimum absolute atomic E-state index is 0.161. The predicted octanol–water partition coefficient (Wildman–Crippen LogP) is 3.17. The standard InChI is InChI=1S/C14H20ClFN2O2S/c1-9-4-2-3-5-10(9)8-18-21(19,20)14-7-13(17)12(16)6-11(14)15/h6-7,9-10,18H,2-5,8,17H2,1H3. The Labute approximate surface area is 129 Å². The molecular weight excluding hydrogens is 315 g/mol. The highest BCUT2D eigenvalue weighted by molar-refractivity contribution is 7.89.